The van der Waals surface area contributed by atoms with Crippen molar-refractivity contribution in [3.8, 4) is 23.0 Å². The molecule has 0 saturated heterocycles. The Bertz CT molecular complexity index is 761. The van der Waals surface area contributed by atoms with Crippen molar-refractivity contribution in [2.75, 3.05) is 0 Å². The third-order valence-corrected chi connectivity index (χ3v) is 3.13. The van der Waals surface area contributed by atoms with Gasteiger partial charge in [-0.2, -0.15) is 4.98 Å². The second-order valence-electron chi connectivity index (χ2n) is 4.66. The van der Waals surface area contributed by atoms with E-state index in [2.05, 4.69) is 15.1 Å². The minimum atomic E-state index is -0.0282. The maximum atomic E-state index is 9.17. The van der Waals surface area contributed by atoms with Gasteiger partial charge in [-0.15, -0.1) is 0 Å². The Hall–Kier alpha value is -2.47. The largest absolute Gasteiger partial charge is 0.435 e. The summed E-state index contributed by atoms with van der Waals surface area (Å²) in [5.74, 6) is 1.91. The lowest BCUT2D eigenvalue weighted by Gasteiger charge is -1.97. The van der Waals surface area contributed by atoms with Gasteiger partial charge in [0, 0.05) is 12.0 Å². The normalized spacial score (nSPS) is 11.0. The van der Waals surface area contributed by atoms with E-state index in [1.165, 1.54) is 0 Å². The molecule has 0 fully saturated rings. The van der Waals surface area contributed by atoms with Gasteiger partial charge in [0.15, 0.2) is 5.89 Å². The van der Waals surface area contributed by atoms with E-state index in [0.29, 0.717) is 29.8 Å². The Kier molecular flexibility index (Phi) is 3.53. The molecule has 0 amide bonds. The van der Waals surface area contributed by atoms with Crippen LogP contribution in [0.4, 0.5) is 0 Å². The molecule has 3 rings (SSSR count). The third kappa shape index (κ3) is 2.57. The highest BCUT2D eigenvalue weighted by Crippen LogP contribution is 2.26. The molecular weight excluding hydrogens is 270 g/mol. The van der Waals surface area contributed by atoms with E-state index in [4.69, 9.17) is 8.94 Å². The fourth-order valence-electron chi connectivity index (χ4n) is 2.04. The zero-order chi connectivity index (χ0) is 14.8. The summed E-state index contributed by atoms with van der Waals surface area (Å²) in [6.45, 7) is 3.78. The summed E-state index contributed by atoms with van der Waals surface area (Å²) in [6, 6.07) is 7.35. The Balaban J connectivity index is 1.97. The van der Waals surface area contributed by atoms with Gasteiger partial charge in [-0.05, 0) is 18.6 Å². The molecule has 1 aromatic carbocycles. The second-order valence-corrected chi connectivity index (χ2v) is 4.66. The summed E-state index contributed by atoms with van der Waals surface area (Å²) < 4.78 is 10.9. The van der Waals surface area contributed by atoms with Crippen molar-refractivity contribution in [1.29, 1.82) is 0 Å². The van der Waals surface area contributed by atoms with Crippen LogP contribution in [-0.2, 0) is 13.0 Å². The molecule has 0 spiro atoms. The minimum Gasteiger partial charge on any atom is -0.435 e. The van der Waals surface area contributed by atoms with Gasteiger partial charge in [0.25, 0.3) is 5.89 Å². The van der Waals surface area contributed by atoms with E-state index in [9.17, 15) is 5.11 Å². The van der Waals surface area contributed by atoms with Crippen LogP contribution in [0.1, 0.15) is 24.1 Å². The first-order valence-corrected chi connectivity index (χ1v) is 6.71. The van der Waals surface area contributed by atoms with E-state index >= 15 is 0 Å². The monoisotopic (exact) mass is 285 g/mol. The van der Waals surface area contributed by atoms with E-state index < -0.39 is 0 Å². The minimum absolute atomic E-state index is 0.0282. The maximum Gasteiger partial charge on any atom is 0.295 e. The van der Waals surface area contributed by atoms with Crippen LogP contribution >= 0.6 is 0 Å². The van der Waals surface area contributed by atoms with Gasteiger partial charge in [-0.25, -0.2) is 4.98 Å². The molecule has 6 nitrogen and oxygen atoms in total. The highest BCUT2D eigenvalue weighted by molar-refractivity contribution is 5.58. The van der Waals surface area contributed by atoms with Crippen LogP contribution in [-0.4, -0.2) is 20.2 Å². The summed E-state index contributed by atoms with van der Waals surface area (Å²) in [7, 11) is 0. The standard InChI is InChI=1S/C15H15N3O3/c1-3-12-16-9(2)13(20-12)15-17-14(18-21-15)11-6-4-5-10(7-11)8-19/h4-7,19H,3,8H2,1-2H3. The average molecular weight is 285 g/mol. The quantitative estimate of drug-likeness (QED) is 0.793. The predicted molar refractivity (Wildman–Crippen MR) is 75.3 cm³/mol. The lowest BCUT2D eigenvalue weighted by atomic mass is 10.1. The van der Waals surface area contributed by atoms with E-state index in [0.717, 1.165) is 16.8 Å². The molecule has 0 aliphatic rings. The summed E-state index contributed by atoms with van der Waals surface area (Å²) in [6.07, 6.45) is 0.709. The molecule has 2 heterocycles. The highest BCUT2D eigenvalue weighted by atomic mass is 16.5. The molecule has 0 bridgehead atoms. The number of aliphatic hydroxyl groups excluding tert-OH is 1. The Morgan fingerprint density at radius 1 is 1.24 bits per heavy atom. The van der Waals surface area contributed by atoms with Crippen molar-refractivity contribution in [2.24, 2.45) is 0 Å². The molecule has 0 radical (unpaired) electrons. The van der Waals surface area contributed by atoms with Gasteiger partial charge in [-0.1, -0.05) is 30.3 Å². The van der Waals surface area contributed by atoms with Crippen molar-refractivity contribution >= 4 is 0 Å². The van der Waals surface area contributed by atoms with Gasteiger partial charge < -0.3 is 14.0 Å². The molecule has 21 heavy (non-hydrogen) atoms. The highest BCUT2D eigenvalue weighted by Gasteiger charge is 2.18. The lowest BCUT2D eigenvalue weighted by molar-refractivity contribution is 0.282. The van der Waals surface area contributed by atoms with Crippen molar-refractivity contribution < 1.29 is 14.0 Å². The van der Waals surface area contributed by atoms with Crippen LogP contribution in [0.3, 0.4) is 0 Å². The number of hydrogen-bond donors (Lipinski definition) is 1. The number of aliphatic hydroxyl groups is 1. The molecule has 2 aromatic heterocycles. The topological polar surface area (TPSA) is 85.2 Å². The molecule has 6 heteroatoms. The van der Waals surface area contributed by atoms with Crippen LogP contribution in [0, 0.1) is 6.92 Å². The average Bonchev–Trinajstić information content (AvgIpc) is 3.13. The lowest BCUT2D eigenvalue weighted by Crippen LogP contribution is -1.86. The molecular formula is C15H15N3O3. The molecule has 0 unspecified atom stereocenters. The summed E-state index contributed by atoms with van der Waals surface area (Å²) >= 11 is 0. The zero-order valence-electron chi connectivity index (χ0n) is 11.8. The first-order valence-electron chi connectivity index (χ1n) is 6.71. The fourth-order valence-corrected chi connectivity index (χ4v) is 2.04. The van der Waals surface area contributed by atoms with Gasteiger partial charge in [0.05, 0.1) is 12.3 Å². The molecule has 0 aliphatic carbocycles. The second kappa shape index (κ2) is 5.49. The van der Waals surface area contributed by atoms with Gasteiger partial charge in [-0.3, -0.25) is 0 Å². The van der Waals surface area contributed by atoms with Crippen LogP contribution in [0.2, 0.25) is 0 Å². The molecule has 0 aliphatic heterocycles. The smallest absolute Gasteiger partial charge is 0.295 e. The van der Waals surface area contributed by atoms with E-state index in [1.54, 1.807) is 0 Å². The third-order valence-electron chi connectivity index (χ3n) is 3.13. The first-order chi connectivity index (χ1) is 10.2. The number of aryl methyl sites for hydroxylation is 2. The van der Waals surface area contributed by atoms with Crippen molar-refractivity contribution in [3.05, 3.63) is 41.4 Å². The number of oxazole rings is 1. The van der Waals surface area contributed by atoms with E-state index in [1.807, 2.05) is 38.1 Å². The Morgan fingerprint density at radius 2 is 2.10 bits per heavy atom. The van der Waals surface area contributed by atoms with Gasteiger partial charge >= 0.3 is 0 Å². The fraction of sp³-hybridized carbons (Fsp3) is 0.267. The van der Waals surface area contributed by atoms with Crippen LogP contribution < -0.4 is 0 Å². The maximum absolute atomic E-state index is 9.17. The number of nitrogens with zero attached hydrogens (tertiary/aromatic N) is 3. The summed E-state index contributed by atoms with van der Waals surface area (Å²) in [5.41, 5.74) is 2.30. The number of aromatic nitrogens is 3. The van der Waals surface area contributed by atoms with Crippen molar-refractivity contribution in [2.45, 2.75) is 26.9 Å². The molecule has 3 aromatic rings. The van der Waals surface area contributed by atoms with Crippen LogP contribution in [0.15, 0.2) is 33.2 Å². The SMILES string of the molecule is CCc1nc(C)c(-c2nc(-c3cccc(CO)c3)no2)o1. The van der Waals surface area contributed by atoms with Crippen LogP contribution in [0.5, 0.6) is 0 Å². The number of rotatable bonds is 4. The van der Waals surface area contributed by atoms with E-state index in [-0.39, 0.29) is 6.61 Å². The van der Waals surface area contributed by atoms with Crippen molar-refractivity contribution in [1.82, 2.24) is 15.1 Å². The summed E-state index contributed by atoms with van der Waals surface area (Å²) in [5, 5.41) is 13.1. The molecule has 108 valence electrons. The molecule has 0 saturated carbocycles. The molecule has 1 N–H and O–H groups in total. The Morgan fingerprint density at radius 3 is 2.81 bits per heavy atom. The van der Waals surface area contributed by atoms with Gasteiger partial charge in [0.1, 0.15) is 0 Å². The summed E-state index contributed by atoms with van der Waals surface area (Å²) in [4.78, 5) is 8.63. The first kappa shape index (κ1) is 13.5. The number of hydrogen-bond acceptors (Lipinski definition) is 6. The predicted octanol–water partition coefficient (Wildman–Crippen LogP) is 2.75. The zero-order valence-corrected chi connectivity index (χ0v) is 11.8. The van der Waals surface area contributed by atoms with Crippen molar-refractivity contribution in [3.63, 3.8) is 0 Å². The van der Waals surface area contributed by atoms with Gasteiger partial charge in [0.2, 0.25) is 11.6 Å². The number of benzene rings is 1. The molecule has 0 atom stereocenters. The van der Waals surface area contributed by atoms with Crippen LogP contribution in [0.25, 0.3) is 23.0 Å². The Labute approximate surface area is 121 Å².